The van der Waals surface area contributed by atoms with E-state index in [0.717, 1.165) is 11.1 Å². The number of carbonyl (C=O) groups is 2. The molecule has 0 N–H and O–H groups in total. The molecule has 1 heterocycles. The molecule has 1 aliphatic carbocycles. The number of carbonyl (C=O) groups excluding carboxylic acids is 2. The maximum atomic E-state index is 13.1. The second-order valence-electron chi connectivity index (χ2n) is 6.33. The van der Waals surface area contributed by atoms with Gasteiger partial charge >= 0.3 is 0 Å². The van der Waals surface area contributed by atoms with E-state index in [1.54, 1.807) is 13.2 Å². The molecule has 1 aliphatic rings. The van der Waals surface area contributed by atoms with Crippen molar-refractivity contribution in [2.75, 3.05) is 7.11 Å². The number of hydrogen-bond acceptors (Lipinski definition) is 4. The minimum atomic E-state index is -0.112. The quantitative estimate of drug-likeness (QED) is 0.515. The number of rotatable bonds is 3. The smallest absolute Gasteiger partial charge is 0.196 e. The molecule has 0 spiro atoms. The van der Waals surface area contributed by atoms with Crippen LogP contribution in [0.1, 0.15) is 38.9 Å². The van der Waals surface area contributed by atoms with Crippen molar-refractivity contribution in [1.82, 2.24) is 4.98 Å². The van der Waals surface area contributed by atoms with Gasteiger partial charge in [0.05, 0.1) is 18.4 Å². The van der Waals surface area contributed by atoms with Crippen LogP contribution in [0.2, 0.25) is 0 Å². The lowest BCUT2D eigenvalue weighted by molar-refractivity contribution is 0.101. The van der Waals surface area contributed by atoms with Gasteiger partial charge in [0.1, 0.15) is 5.75 Å². The standard InChI is InChI=1S/C22H17NO3/c1-12-18(13(2)24)19(14-7-6-8-15(11-14)26-3)20-21(23-12)16-9-4-5-10-17(16)22(20)25/h4-11H,1-3H3. The average molecular weight is 343 g/mol. The van der Waals surface area contributed by atoms with Crippen molar-refractivity contribution in [3.63, 3.8) is 0 Å². The van der Waals surface area contributed by atoms with Crippen molar-refractivity contribution >= 4 is 11.6 Å². The maximum absolute atomic E-state index is 13.1. The molecule has 2 aromatic carbocycles. The fourth-order valence-electron chi connectivity index (χ4n) is 3.64. The van der Waals surface area contributed by atoms with Gasteiger partial charge in [-0.25, -0.2) is 0 Å². The van der Waals surface area contributed by atoms with Crippen LogP contribution in [-0.4, -0.2) is 23.7 Å². The van der Waals surface area contributed by atoms with E-state index in [1.807, 2.05) is 49.4 Å². The number of pyridine rings is 1. The molecular weight excluding hydrogens is 326 g/mol. The molecule has 0 saturated heterocycles. The van der Waals surface area contributed by atoms with Crippen molar-refractivity contribution in [1.29, 1.82) is 0 Å². The third kappa shape index (κ3) is 2.26. The lowest BCUT2D eigenvalue weighted by atomic mass is 9.90. The van der Waals surface area contributed by atoms with E-state index in [0.29, 0.717) is 39.4 Å². The minimum absolute atomic E-state index is 0.0941. The molecule has 4 heteroatoms. The van der Waals surface area contributed by atoms with E-state index in [1.165, 1.54) is 6.92 Å². The molecule has 0 atom stereocenters. The first-order chi connectivity index (χ1) is 12.5. The molecule has 4 nitrogen and oxygen atoms in total. The zero-order valence-electron chi connectivity index (χ0n) is 14.8. The van der Waals surface area contributed by atoms with Gasteiger partial charge in [0, 0.05) is 27.9 Å². The van der Waals surface area contributed by atoms with Gasteiger partial charge in [0.15, 0.2) is 11.6 Å². The number of Topliss-reactive ketones (excluding diaryl/α,β-unsaturated/α-hetero) is 1. The van der Waals surface area contributed by atoms with Crippen LogP contribution in [0.15, 0.2) is 48.5 Å². The molecule has 0 unspecified atom stereocenters. The van der Waals surface area contributed by atoms with Gasteiger partial charge in [-0.05, 0) is 31.5 Å². The monoisotopic (exact) mass is 343 g/mol. The van der Waals surface area contributed by atoms with E-state index < -0.39 is 0 Å². The van der Waals surface area contributed by atoms with Crippen molar-refractivity contribution in [3.05, 3.63) is 70.9 Å². The van der Waals surface area contributed by atoms with Crippen LogP contribution in [0.25, 0.3) is 22.4 Å². The van der Waals surface area contributed by atoms with Crippen molar-refractivity contribution < 1.29 is 14.3 Å². The van der Waals surface area contributed by atoms with Gasteiger partial charge in [0.25, 0.3) is 0 Å². The normalized spacial score (nSPS) is 11.9. The summed E-state index contributed by atoms with van der Waals surface area (Å²) in [6.07, 6.45) is 0. The predicted molar refractivity (Wildman–Crippen MR) is 99.8 cm³/mol. The molecule has 0 aliphatic heterocycles. The number of ether oxygens (including phenoxy) is 1. The average Bonchev–Trinajstić information content (AvgIpc) is 2.93. The molecule has 0 saturated carbocycles. The fraction of sp³-hybridized carbons (Fsp3) is 0.136. The Morgan fingerprint density at radius 3 is 2.42 bits per heavy atom. The number of nitrogens with zero attached hydrogens (tertiary/aromatic N) is 1. The summed E-state index contributed by atoms with van der Waals surface area (Å²) in [5.41, 5.74) is 5.10. The van der Waals surface area contributed by atoms with Crippen molar-refractivity contribution in [3.8, 4) is 28.1 Å². The number of aryl methyl sites for hydroxylation is 1. The van der Waals surface area contributed by atoms with Crippen LogP contribution in [0.4, 0.5) is 0 Å². The molecule has 26 heavy (non-hydrogen) atoms. The summed E-state index contributed by atoms with van der Waals surface area (Å²) in [7, 11) is 1.59. The molecule has 0 amide bonds. The Hall–Kier alpha value is -3.27. The topological polar surface area (TPSA) is 56.3 Å². The van der Waals surface area contributed by atoms with Gasteiger partial charge in [-0.1, -0.05) is 36.4 Å². The SMILES string of the molecule is COc1cccc(-c2c(C(C)=O)c(C)nc3c2C(=O)c2ccccc2-3)c1. The number of hydrogen-bond donors (Lipinski definition) is 0. The van der Waals surface area contributed by atoms with E-state index in [4.69, 9.17) is 4.74 Å². The lowest BCUT2D eigenvalue weighted by Gasteiger charge is -2.15. The highest BCUT2D eigenvalue weighted by Crippen LogP contribution is 2.43. The molecule has 0 bridgehead atoms. The number of fused-ring (bicyclic) bond motifs is 3. The van der Waals surface area contributed by atoms with Crippen molar-refractivity contribution in [2.24, 2.45) is 0 Å². The number of aromatic nitrogens is 1. The Balaban J connectivity index is 2.12. The third-order valence-electron chi connectivity index (χ3n) is 4.74. The van der Waals surface area contributed by atoms with Crippen molar-refractivity contribution in [2.45, 2.75) is 13.8 Å². The van der Waals surface area contributed by atoms with E-state index in [-0.39, 0.29) is 11.6 Å². The molecule has 1 aromatic heterocycles. The third-order valence-corrected chi connectivity index (χ3v) is 4.74. The van der Waals surface area contributed by atoms with Crippen LogP contribution in [-0.2, 0) is 0 Å². The maximum Gasteiger partial charge on any atom is 0.196 e. The van der Waals surface area contributed by atoms with Gasteiger partial charge < -0.3 is 4.74 Å². The first-order valence-corrected chi connectivity index (χ1v) is 8.37. The minimum Gasteiger partial charge on any atom is -0.497 e. The van der Waals surface area contributed by atoms with Crippen LogP contribution in [0.5, 0.6) is 5.75 Å². The number of methoxy groups -OCH3 is 1. The fourth-order valence-corrected chi connectivity index (χ4v) is 3.64. The first-order valence-electron chi connectivity index (χ1n) is 8.37. The Morgan fingerprint density at radius 1 is 1.00 bits per heavy atom. The van der Waals surface area contributed by atoms with Gasteiger partial charge in [-0.3, -0.25) is 14.6 Å². The second-order valence-corrected chi connectivity index (χ2v) is 6.33. The van der Waals surface area contributed by atoms with Gasteiger partial charge in [-0.15, -0.1) is 0 Å². The first kappa shape index (κ1) is 16.2. The van der Waals surface area contributed by atoms with E-state index >= 15 is 0 Å². The van der Waals surface area contributed by atoms with Crippen LogP contribution >= 0.6 is 0 Å². The molecule has 4 rings (SSSR count). The lowest BCUT2D eigenvalue weighted by Crippen LogP contribution is -2.09. The van der Waals surface area contributed by atoms with E-state index in [2.05, 4.69) is 4.98 Å². The van der Waals surface area contributed by atoms with E-state index in [9.17, 15) is 9.59 Å². The molecular formula is C22H17NO3. The largest absolute Gasteiger partial charge is 0.497 e. The Bertz CT molecular complexity index is 1080. The summed E-state index contributed by atoms with van der Waals surface area (Å²) < 4.78 is 5.33. The van der Waals surface area contributed by atoms with Crippen LogP contribution < -0.4 is 4.74 Å². The highest BCUT2D eigenvalue weighted by atomic mass is 16.5. The highest BCUT2D eigenvalue weighted by molar-refractivity contribution is 6.25. The summed E-state index contributed by atoms with van der Waals surface area (Å²) in [5, 5.41) is 0. The molecule has 0 radical (unpaired) electrons. The van der Waals surface area contributed by atoms with Gasteiger partial charge in [-0.2, -0.15) is 0 Å². The number of ketones is 2. The second kappa shape index (κ2) is 5.92. The Kier molecular flexibility index (Phi) is 3.69. The summed E-state index contributed by atoms with van der Waals surface area (Å²) >= 11 is 0. The molecule has 3 aromatic rings. The number of benzene rings is 2. The van der Waals surface area contributed by atoms with Crippen LogP contribution in [0, 0.1) is 6.92 Å². The predicted octanol–water partition coefficient (Wildman–Crippen LogP) is 4.48. The summed E-state index contributed by atoms with van der Waals surface area (Å²) in [4.78, 5) is 30.2. The summed E-state index contributed by atoms with van der Waals surface area (Å²) in [6, 6.07) is 14.9. The summed E-state index contributed by atoms with van der Waals surface area (Å²) in [6.45, 7) is 3.32. The molecule has 128 valence electrons. The zero-order valence-corrected chi connectivity index (χ0v) is 14.8. The Morgan fingerprint density at radius 2 is 1.73 bits per heavy atom. The molecule has 0 fully saturated rings. The Labute approximate surface area is 151 Å². The zero-order chi connectivity index (χ0) is 18.4. The van der Waals surface area contributed by atoms with Gasteiger partial charge in [0.2, 0.25) is 0 Å². The van der Waals surface area contributed by atoms with Crippen LogP contribution in [0.3, 0.4) is 0 Å². The summed E-state index contributed by atoms with van der Waals surface area (Å²) in [5.74, 6) is 0.464. The highest BCUT2D eigenvalue weighted by Gasteiger charge is 2.34.